The van der Waals surface area contributed by atoms with Crippen LogP contribution in [0.2, 0.25) is 0 Å². The first-order valence-electron chi connectivity index (χ1n) is 8.59. The average molecular weight is 324 g/mol. The van der Waals surface area contributed by atoms with Crippen LogP contribution in [0, 0.1) is 0 Å². The van der Waals surface area contributed by atoms with Gasteiger partial charge in [0.25, 0.3) is 5.56 Å². The molecule has 0 spiro atoms. The molecule has 0 radical (unpaired) electrons. The van der Waals surface area contributed by atoms with Crippen LogP contribution in [0.4, 0.5) is 0 Å². The van der Waals surface area contributed by atoms with Gasteiger partial charge in [-0.05, 0) is 31.9 Å². The Morgan fingerprint density at radius 3 is 2.50 bits per heavy atom. The summed E-state index contributed by atoms with van der Waals surface area (Å²) in [4.78, 5) is 26.5. The first-order valence-corrected chi connectivity index (χ1v) is 8.59. The van der Waals surface area contributed by atoms with Crippen molar-refractivity contribution >= 4 is 5.91 Å². The molecule has 1 fully saturated rings. The highest BCUT2D eigenvalue weighted by Crippen LogP contribution is 2.37. The number of rotatable bonds is 4. The molecular weight excluding hydrogens is 300 g/mol. The summed E-state index contributed by atoms with van der Waals surface area (Å²) in [6.45, 7) is 4.68. The standard InChI is InChI=1S/C20H24N2O2/c1-15-14-18(17-8-4-3-5-9-17)16(2)22(15)20(24)11-13-21-12-7-6-10-19(21)23/h3-10,12,15-16,18H,11,13-14H2,1-2H3. The fourth-order valence-corrected chi connectivity index (χ4v) is 3.85. The molecule has 1 aliphatic rings. The lowest BCUT2D eigenvalue weighted by Crippen LogP contribution is -2.40. The third kappa shape index (κ3) is 3.28. The predicted molar refractivity (Wildman–Crippen MR) is 94.9 cm³/mol. The number of aromatic nitrogens is 1. The quantitative estimate of drug-likeness (QED) is 0.867. The summed E-state index contributed by atoms with van der Waals surface area (Å²) < 4.78 is 1.60. The van der Waals surface area contributed by atoms with E-state index in [1.54, 1.807) is 16.8 Å². The summed E-state index contributed by atoms with van der Waals surface area (Å²) in [5.41, 5.74) is 1.24. The van der Waals surface area contributed by atoms with Gasteiger partial charge in [-0.15, -0.1) is 0 Å². The van der Waals surface area contributed by atoms with Crippen molar-refractivity contribution in [3.63, 3.8) is 0 Å². The second kappa shape index (κ2) is 7.04. The number of nitrogens with zero attached hydrogens (tertiary/aromatic N) is 2. The van der Waals surface area contributed by atoms with Crippen LogP contribution in [-0.4, -0.2) is 27.5 Å². The average Bonchev–Trinajstić information content (AvgIpc) is 2.89. The number of pyridine rings is 1. The van der Waals surface area contributed by atoms with E-state index in [0.717, 1.165) is 6.42 Å². The van der Waals surface area contributed by atoms with Gasteiger partial charge < -0.3 is 9.47 Å². The molecule has 3 rings (SSSR count). The lowest BCUT2D eigenvalue weighted by Gasteiger charge is -2.28. The van der Waals surface area contributed by atoms with E-state index in [9.17, 15) is 9.59 Å². The maximum atomic E-state index is 12.7. The Labute approximate surface area is 142 Å². The van der Waals surface area contributed by atoms with E-state index >= 15 is 0 Å². The molecule has 0 N–H and O–H groups in total. The number of carbonyl (C=O) groups excluding carboxylic acids is 1. The molecule has 24 heavy (non-hydrogen) atoms. The molecule has 126 valence electrons. The third-order valence-corrected chi connectivity index (χ3v) is 5.07. The van der Waals surface area contributed by atoms with E-state index in [0.29, 0.717) is 18.9 Å². The van der Waals surface area contributed by atoms with Crippen LogP contribution in [-0.2, 0) is 11.3 Å². The zero-order valence-electron chi connectivity index (χ0n) is 14.3. The molecule has 4 heteroatoms. The molecule has 0 saturated carbocycles. The number of aryl methyl sites for hydroxylation is 1. The first kappa shape index (κ1) is 16.5. The monoisotopic (exact) mass is 324 g/mol. The van der Waals surface area contributed by atoms with Crippen molar-refractivity contribution < 1.29 is 4.79 Å². The number of benzene rings is 1. The fourth-order valence-electron chi connectivity index (χ4n) is 3.85. The zero-order valence-corrected chi connectivity index (χ0v) is 14.3. The van der Waals surface area contributed by atoms with E-state index in [2.05, 4.69) is 38.1 Å². The lowest BCUT2D eigenvalue weighted by molar-refractivity contribution is -0.133. The highest BCUT2D eigenvalue weighted by molar-refractivity contribution is 5.77. The molecule has 1 aromatic carbocycles. The maximum Gasteiger partial charge on any atom is 0.250 e. The number of hydrogen-bond donors (Lipinski definition) is 0. The summed E-state index contributed by atoms with van der Waals surface area (Å²) in [7, 11) is 0. The number of likely N-dealkylation sites (tertiary alicyclic amines) is 1. The van der Waals surface area contributed by atoms with Crippen LogP contribution in [0.5, 0.6) is 0 Å². The largest absolute Gasteiger partial charge is 0.337 e. The van der Waals surface area contributed by atoms with E-state index in [1.165, 1.54) is 11.6 Å². The van der Waals surface area contributed by atoms with Gasteiger partial charge in [0.15, 0.2) is 0 Å². The molecular formula is C20H24N2O2. The van der Waals surface area contributed by atoms with E-state index in [1.807, 2.05) is 17.0 Å². The Morgan fingerprint density at radius 2 is 1.79 bits per heavy atom. The van der Waals surface area contributed by atoms with Gasteiger partial charge in [0.2, 0.25) is 5.91 Å². The Bertz CT molecular complexity index is 753. The zero-order chi connectivity index (χ0) is 17.1. The van der Waals surface area contributed by atoms with Gasteiger partial charge in [-0.1, -0.05) is 36.4 Å². The van der Waals surface area contributed by atoms with E-state index < -0.39 is 0 Å². The van der Waals surface area contributed by atoms with Crippen molar-refractivity contribution in [1.82, 2.24) is 9.47 Å². The van der Waals surface area contributed by atoms with Gasteiger partial charge >= 0.3 is 0 Å². The van der Waals surface area contributed by atoms with E-state index in [-0.39, 0.29) is 23.6 Å². The smallest absolute Gasteiger partial charge is 0.250 e. The Kier molecular flexibility index (Phi) is 4.84. The van der Waals surface area contributed by atoms with Crippen molar-refractivity contribution in [2.45, 2.75) is 51.2 Å². The molecule has 4 nitrogen and oxygen atoms in total. The van der Waals surface area contributed by atoms with E-state index in [4.69, 9.17) is 0 Å². The molecule has 2 heterocycles. The predicted octanol–water partition coefficient (Wildman–Crippen LogP) is 3.03. The minimum absolute atomic E-state index is 0.0602. The van der Waals surface area contributed by atoms with Crippen molar-refractivity contribution in [1.29, 1.82) is 0 Å². The SMILES string of the molecule is CC1CC(c2ccccc2)C(C)N1C(=O)CCn1ccccc1=O. The van der Waals surface area contributed by atoms with Crippen molar-refractivity contribution in [3.05, 3.63) is 70.6 Å². The van der Waals surface area contributed by atoms with Crippen molar-refractivity contribution in [2.75, 3.05) is 0 Å². The maximum absolute atomic E-state index is 12.7. The molecule has 2 aromatic rings. The number of hydrogen-bond acceptors (Lipinski definition) is 2. The minimum atomic E-state index is -0.0602. The lowest BCUT2D eigenvalue weighted by atomic mass is 9.92. The topological polar surface area (TPSA) is 42.3 Å². The Balaban J connectivity index is 1.69. The van der Waals surface area contributed by atoms with Crippen LogP contribution in [0.3, 0.4) is 0 Å². The second-order valence-corrected chi connectivity index (χ2v) is 6.63. The van der Waals surface area contributed by atoms with Crippen LogP contribution < -0.4 is 5.56 Å². The molecule has 3 atom stereocenters. The van der Waals surface area contributed by atoms with Crippen molar-refractivity contribution in [3.8, 4) is 0 Å². The highest BCUT2D eigenvalue weighted by atomic mass is 16.2. The van der Waals surface area contributed by atoms with Crippen molar-refractivity contribution in [2.24, 2.45) is 0 Å². The van der Waals surface area contributed by atoms with Gasteiger partial charge in [-0.25, -0.2) is 0 Å². The van der Waals surface area contributed by atoms with Gasteiger partial charge in [-0.3, -0.25) is 9.59 Å². The Morgan fingerprint density at radius 1 is 1.08 bits per heavy atom. The van der Waals surface area contributed by atoms with Crippen LogP contribution in [0.15, 0.2) is 59.5 Å². The first-order chi connectivity index (χ1) is 11.6. The van der Waals surface area contributed by atoms with Gasteiger partial charge in [0.05, 0.1) is 0 Å². The van der Waals surface area contributed by atoms with Gasteiger partial charge in [0.1, 0.15) is 0 Å². The highest BCUT2D eigenvalue weighted by Gasteiger charge is 2.39. The molecule has 0 aliphatic carbocycles. The summed E-state index contributed by atoms with van der Waals surface area (Å²) >= 11 is 0. The third-order valence-electron chi connectivity index (χ3n) is 5.07. The van der Waals surface area contributed by atoms with Gasteiger partial charge in [0, 0.05) is 43.2 Å². The Hall–Kier alpha value is -2.36. The molecule has 1 aliphatic heterocycles. The fraction of sp³-hybridized carbons (Fsp3) is 0.400. The van der Waals surface area contributed by atoms with Crippen LogP contribution in [0.1, 0.15) is 38.2 Å². The summed E-state index contributed by atoms with van der Waals surface area (Å²) in [5.74, 6) is 0.508. The van der Waals surface area contributed by atoms with Crippen LogP contribution >= 0.6 is 0 Å². The minimum Gasteiger partial charge on any atom is -0.337 e. The molecule has 1 aromatic heterocycles. The molecule has 3 unspecified atom stereocenters. The normalized spacial score (nSPS) is 23.4. The van der Waals surface area contributed by atoms with Gasteiger partial charge in [-0.2, -0.15) is 0 Å². The summed E-state index contributed by atoms with van der Waals surface area (Å²) in [5, 5.41) is 0. The van der Waals surface area contributed by atoms with Crippen LogP contribution in [0.25, 0.3) is 0 Å². The summed E-state index contributed by atoms with van der Waals surface area (Å²) in [6, 6.07) is 15.9. The number of amides is 1. The second-order valence-electron chi connectivity index (χ2n) is 6.63. The molecule has 0 bridgehead atoms. The summed E-state index contributed by atoms with van der Waals surface area (Å²) in [6.07, 6.45) is 3.08. The molecule has 1 amide bonds. The molecule has 1 saturated heterocycles. The number of carbonyl (C=O) groups is 1.